The van der Waals surface area contributed by atoms with Crippen LogP contribution in [0.25, 0.3) is 0 Å². The number of rotatable bonds is 3. The van der Waals surface area contributed by atoms with Crippen LogP contribution in [0.2, 0.25) is 0 Å². The molecule has 2 aromatic carbocycles. The van der Waals surface area contributed by atoms with Crippen molar-refractivity contribution < 1.29 is 14.6 Å². The third-order valence-electron chi connectivity index (χ3n) is 2.46. The van der Waals surface area contributed by atoms with Gasteiger partial charge in [-0.3, -0.25) is 0 Å². The molecule has 2 aromatic rings. The predicted molar refractivity (Wildman–Crippen MR) is 85.0 cm³/mol. The Bertz CT molecular complexity index is 725. The van der Waals surface area contributed by atoms with Gasteiger partial charge < -0.3 is 9.84 Å². The van der Waals surface area contributed by atoms with E-state index in [-0.39, 0.29) is 11.3 Å². The van der Waals surface area contributed by atoms with Gasteiger partial charge >= 0.3 is 5.97 Å². The summed E-state index contributed by atoms with van der Waals surface area (Å²) in [7, 11) is 0. The molecule has 100 valence electrons. The van der Waals surface area contributed by atoms with E-state index >= 15 is 0 Å². The average Bonchev–Trinajstić information content (AvgIpc) is 2.41. The average molecular weight is 444 g/mol. The number of carboxylic acid groups (broad SMARTS) is 1. The quantitative estimate of drug-likeness (QED) is 0.713. The minimum atomic E-state index is -1.08. The highest BCUT2D eigenvalue weighted by Crippen LogP contribution is 2.31. The molecule has 0 saturated heterocycles. The number of hydrogen-bond acceptors (Lipinski definition) is 3. The van der Waals surface area contributed by atoms with Gasteiger partial charge in [0.05, 0.1) is 5.56 Å². The molecule has 0 aliphatic heterocycles. The first-order chi connectivity index (χ1) is 9.51. The molecule has 6 heteroatoms. The standard InChI is InChI=1S/C14H7BrINO3/c15-9-2-1-8(7-17)13(5-9)20-12-4-3-10(16)6-11(12)14(18)19/h1-6H,(H,18,19). The van der Waals surface area contributed by atoms with Crippen LogP contribution in [0.5, 0.6) is 11.5 Å². The Morgan fingerprint density at radius 1 is 1.25 bits per heavy atom. The van der Waals surface area contributed by atoms with Gasteiger partial charge in [-0.1, -0.05) is 15.9 Å². The molecule has 4 nitrogen and oxygen atoms in total. The molecule has 0 aliphatic carbocycles. The minimum absolute atomic E-state index is 0.0563. The topological polar surface area (TPSA) is 70.3 Å². The van der Waals surface area contributed by atoms with Gasteiger partial charge in [-0.2, -0.15) is 5.26 Å². The lowest BCUT2D eigenvalue weighted by atomic mass is 10.2. The van der Waals surface area contributed by atoms with Crippen LogP contribution in [0.3, 0.4) is 0 Å². The Morgan fingerprint density at radius 3 is 2.65 bits per heavy atom. The van der Waals surface area contributed by atoms with Gasteiger partial charge in [0.1, 0.15) is 23.1 Å². The fourth-order valence-corrected chi connectivity index (χ4v) is 2.38. The van der Waals surface area contributed by atoms with Crippen molar-refractivity contribution in [3.63, 3.8) is 0 Å². The molecule has 0 saturated carbocycles. The highest BCUT2D eigenvalue weighted by atomic mass is 127. The molecular weight excluding hydrogens is 437 g/mol. The summed E-state index contributed by atoms with van der Waals surface area (Å²) < 4.78 is 7.13. The summed E-state index contributed by atoms with van der Waals surface area (Å²) in [6.45, 7) is 0. The summed E-state index contributed by atoms with van der Waals surface area (Å²) in [5.41, 5.74) is 0.392. The Morgan fingerprint density at radius 2 is 2.00 bits per heavy atom. The molecule has 1 N–H and O–H groups in total. The zero-order valence-electron chi connectivity index (χ0n) is 9.93. The van der Waals surface area contributed by atoms with Crippen molar-refractivity contribution in [1.82, 2.24) is 0 Å². The Balaban J connectivity index is 2.48. The third-order valence-corrected chi connectivity index (χ3v) is 3.62. The van der Waals surface area contributed by atoms with E-state index in [1.165, 1.54) is 6.07 Å². The van der Waals surface area contributed by atoms with E-state index in [9.17, 15) is 9.90 Å². The zero-order valence-corrected chi connectivity index (χ0v) is 13.7. The molecule has 0 heterocycles. The van der Waals surface area contributed by atoms with Gasteiger partial charge in [0.15, 0.2) is 0 Å². The lowest BCUT2D eigenvalue weighted by Gasteiger charge is -2.10. The largest absolute Gasteiger partial charge is 0.478 e. The number of nitrogens with zero attached hydrogens (tertiary/aromatic N) is 1. The summed E-state index contributed by atoms with van der Waals surface area (Å²) in [6, 6.07) is 11.8. The monoisotopic (exact) mass is 443 g/mol. The molecule has 2 rings (SSSR count). The van der Waals surface area contributed by atoms with E-state index in [1.54, 1.807) is 30.3 Å². The van der Waals surface area contributed by atoms with Crippen LogP contribution in [-0.2, 0) is 0 Å². The minimum Gasteiger partial charge on any atom is -0.478 e. The molecule has 0 atom stereocenters. The van der Waals surface area contributed by atoms with Crippen LogP contribution >= 0.6 is 38.5 Å². The first kappa shape index (κ1) is 14.8. The molecule has 0 amide bonds. The summed E-state index contributed by atoms with van der Waals surface area (Å²) in [5.74, 6) is -0.565. The lowest BCUT2D eigenvalue weighted by molar-refractivity contribution is 0.0694. The van der Waals surface area contributed by atoms with Gasteiger partial charge in [-0.25, -0.2) is 4.79 Å². The molecule has 0 aromatic heterocycles. The molecule has 0 fully saturated rings. The number of carboxylic acids is 1. The lowest BCUT2D eigenvalue weighted by Crippen LogP contribution is -2.01. The maximum Gasteiger partial charge on any atom is 0.339 e. The molecule has 0 aliphatic rings. The summed E-state index contributed by atoms with van der Waals surface area (Å²) in [4.78, 5) is 11.2. The van der Waals surface area contributed by atoms with Crippen LogP contribution in [-0.4, -0.2) is 11.1 Å². The second-order valence-corrected chi connectivity index (χ2v) is 5.96. The van der Waals surface area contributed by atoms with Crippen LogP contribution in [0.4, 0.5) is 0 Å². The van der Waals surface area contributed by atoms with E-state index < -0.39 is 5.97 Å². The summed E-state index contributed by atoms with van der Waals surface area (Å²) >= 11 is 5.32. The van der Waals surface area contributed by atoms with Crippen molar-refractivity contribution >= 4 is 44.5 Å². The second kappa shape index (κ2) is 6.24. The number of benzene rings is 2. The zero-order chi connectivity index (χ0) is 14.7. The number of carbonyl (C=O) groups is 1. The van der Waals surface area contributed by atoms with Crippen molar-refractivity contribution in [2.24, 2.45) is 0 Å². The fraction of sp³-hybridized carbons (Fsp3) is 0. The van der Waals surface area contributed by atoms with Crippen LogP contribution < -0.4 is 4.74 Å². The van der Waals surface area contributed by atoms with E-state index in [2.05, 4.69) is 15.9 Å². The molecular formula is C14H7BrINO3. The van der Waals surface area contributed by atoms with Gasteiger partial charge in [0.2, 0.25) is 0 Å². The highest BCUT2D eigenvalue weighted by molar-refractivity contribution is 14.1. The van der Waals surface area contributed by atoms with Crippen molar-refractivity contribution in [1.29, 1.82) is 5.26 Å². The first-order valence-corrected chi connectivity index (χ1v) is 7.29. The van der Waals surface area contributed by atoms with E-state index in [1.807, 2.05) is 28.7 Å². The third kappa shape index (κ3) is 3.29. The van der Waals surface area contributed by atoms with Crippen LogP contribution in [0, 0.1) is 14.9 Å². The molecule has 0 bridgehead atoms. The Hall–Kier alpha value is -1.59. The maximum absolute atomic E-state index is 11.2. The predicted octanol–water partition coefficient (Wildman–Crippen LogP) is 4.42. The fourth-order valence-electron chi connectivity index (χ4n) is 1.55. The highest BCUT2D eigenvalue weighted by Gasteiger charge is 2.14. The van der Waals surface area contributed by atoms with Gasteiger partial charge in [0.25, 0.3) is 0 Å². The Kier molecular flexibility index (Phi) is 4.62. The number of aromatic carboxylic acids is 1. The number of ether oxygens (including phenoxy) is 1. The van der Waals surface area contributed by atoms with Crippen molar-refractivity contribution in [2.75, 3.05) is 0 Å². The first-order valence-electron chi connectivity index (χ1n) is 5.41. The maximum atomic E-state index is 11.2. The molecule has 0 radical (unpaired) electrons. The van der Waals surface area contributed by atoms with E-state index in [4.69, 9.17) is 10.00 Å². The van der Waals surface area contributed by atoms with Crippen LogP contribution in [0.15, 0.2) is 40.9 Å². The molecule has 20 heavy (non-hydrogen) atoms. The smallest absolute Gasteiger partial charge is 0.339 e. The van der Waals surface area contributed by atoms with Crippen LogP contribution in [0.1, 0.15) is 15.9 Å². The van der Waals surface area contributed by atoms with Gasteiger partial charge in [-0.05, 0) is 59.0 Å². The number of halogens is 2. The van der Waals surface area contributed by atoms with Crippen molar-refractivity contribution in [2.45, 2.75) is 0 Å². The second-order valence-electron chi connectivity index (χ2n) is 3.80. The van der Waals surface area contributed by atoms with Crippen molar-refractivity contribution in [3.8, 4) is 17.6 Å². The summed E-state index contributed by atoms with van der Waals surface area (Å²) in [5, 5.41) is 18.2. The number of nitriles is 1. The number of hydrogen-bond donors (Lipinski definition) is 1. The summed E-state index contributed by atoms with van der Waals surface area (Å²) in [6.07, 6.45) is 0. The Labute approximate surface area is 137 Å². The van der Waals surface area contributed by atoms with E-state index in [0.717, 1.165) is 8.04 Å². The molecule has 0 unspecified atom stereocenters. The van der Waals surface area contributed by atoms with Gasteiger partial charge in [-0.15, -0.1) is 0 Å². The van der Waals surface area contributed by atoms with Gasteiger partial charge in [0, 0.05) is 8.04 Å². The SMILES string of the molecule is N#Cc1ccc(Br)cc1Oc1ccc(I)cc1C(=O)O. The van der Waals surface area contributed by atoms with E-state index in [0.29, 0.717) is 11.3 Å². The molecule has 0 spiro atoms. The normalized spacial score (nSPS) is 9.85. The van der Waals surface area contributed by atoms with Crippen molar-refractivity contribution in [3.05, 3.63) is 55.6 Å².